The lowest BCUT2D eigenvalue weighted by Crippen LogP contribution is -2.43. The molecule has 1 amide bonds. The number of carboxylic acid groups (broad SMARTS) is 1. The van der Waals surface area contributed by atoms with Crippen LogP contribution < -0.4 is 4.74 Å². The number of ether oxygens (including phenoxy) is 1. The highest BCUT2D eigenvalue weighted by Crippen LogP contribution is 2.22. The van der Waals surface area contributed by atoms with Crippen molar-refractivity contribution >= 4 is 17.6 Å². The van der Waals surface area contributed by atoms with Crippen molar-refractivity contribution in [2.45, 2.75) is 19.9 Å². The summed E-state index contributed by atoms with van der Waals surface area (Å²) >= 11 is 0. The van der Waals surface area contributed by atoms with Crippen LogP contribution in [0.25, 0.3) is 0 Å². The first-order chi connectivity index (χ1) is 10.2. The Morgan fingerprint density at radius 2 is 2.09 bits per heavy atom. The summed E-state index contributed by atoms with van der Waals surface area (Å²) in [6.45, 7) is 2.32. The molecule has 0 spiro atoms. The van der Waals surface area contributed by atoms with Gasteiger partial charge in [0.2, 0.25) is 5.82 Å². The largest absolute Gasteiger partial charge is 0.484 e. The van der Waals surface area contributed by atoms with Gasteiger partial charge in [-0.25, -0.2) is 0 Å². The Morgan fingerprint density at radius 1 is 1.45 bits per heavy atom. The predicted molar refractivity (Wildman–Crippen MR) is 73.0 cm³/mol. The molecule has 0 atom stereocenters. The van der Waals surface area contributed by atoms with Gasteiger partial charge in [0.15, 0.2) is 6.61 Å². The van der Waals surface area contributed by atoms with Crippen molar-refractivity contribution in [2.24, 2.45) is 0 Å². The van der Waals surface area contributed by atoms with Gasteiger partial charge in [-0.3, -0.25) is 19.7 Å². The fourth-order valence-corrected chi connectivity index (χ4v) is 1.66. The number of nitro benzene ring substituents is 1. The molecule has 0 unspecified atom stereocenters. The standard InChI is InChI=1S/C13H15FN2O6/c1-8(2)15(6-13(18)19)12(17)7-22-9-3-4-11(16(20)21)10(14)5-9/h3-5,8H,6-7H2,1-2H3,(H,18,19). The van der Waals surface area contributed by atoms with Crippen LogP contribution in [0.1, 0.15) is 13.8 Å². The fourth-order valence-electron chi connectivity index (χ4n) is 1.66. The molecular formula is C13H15FN2O6. The lowest BCUT2D eigenvalue weighted by atomic mass is 10.3. The molecule has 1 rings (SSSR count). The van der Waals surface area contributed by atoms with Crippen LogP contribution in [-0.2, 0) is 9.59 Å². The van der Waals surface area contributed by atoms with E-state index in [9.17, 15) is 24.1 Å². The Labute approximate surface area is 125 Å². The van der Waals surface area contributed by atoms with Crippen LogP contribution in [0.3, 0.4) is 0 Å². The first kappa shape index (κ1) is 17.3. The third kappa shape index (κ3) is 4.69. The number of hydrogen-bond donors (Lipinski definition) is 1. The Bertz CT molecular complexity index is 590. The van der Waals surface area contributed by atoms with Crippen LogP contribution in [0.5, 0.6) is 5.75 Å². The minimum Gasteiger partial charge on any atom is -0.484 e. The average Bonchev–Trinajstić information content (AvgIpc) is 2.41. The second-order valence-corrected chi connectivity index (χ2v) is 4.67. The summed E-state index contributed by atoms with van der Waals surface area (Å²) in [6, 6.07) is 2.53. The van der Waals surface area contributed by atoms with Crippen molar-refractivity contribution in [3.8, 4) is 5.75 Å². The number of carbonyl (C=O) groups excluding carboxylic acids is 1. The molecule has 0 aromatic heterocycles. The SMILES string of the molecule is CC(C)N(CC(=O)O)C(=O)COc1ccc([N+](=O)[O-])c(F)c1. The minimum absolute atomic E-state index is 0.0597. The Hall–Kier alpha value is -2.71. The monoisotopic (exact) mass is 314 g/mol. The van der Waals surface area contributed by atoms with E-state index in [0.29, 0.717) is 0 Å². The number of benzene rings is 1. The molecule has 0 aliphatic heterocycles. The molecule has 0 saturated heterocycles. The molecule has 1 aromatic rings. The maximum absolute atomic E-state index is 13.4. The van der Waals surface area contributed by atoms with Gasteiger partial charge in [-0.2, -0.15) is 4.39 Å². The van der Waals surface area contributed by atoms with Gasteiger partial charge >= 0.3 is 11.7 Å². The summed E-state index contributed by atoms with van der Waals surface area (Å²) in [5, 5.41) is 19.2. The van der Waals surface area contributed by atoms with Crippen molar-refractivity contribution < 1.29 is 28.7 Å². The maximum Gasteiger partial charge on any atom is 0.323 e. The van der Waals surface area contributed by atoms with Crippen LogP contribution in [-0.4, -0.2) is 46.0 Å². The van der Waals surface area contributed by atoms with Crippen molar-refractivity contribution in [1.29, 1.82) is 0 Å². The summed E-state index contributed by atoms with van der Waals surface area (Å²) in [7, 11) is 0. The van der Waals surface area contributed by atoms with Gasteiger partial charge < -0.3 is 14.7 Å². The van der Waals surface area contributed by atoms with Gasteiger partial charge in [-0.15, -0.1) is 0 Å². The molecule has 0 fully saturated rings. The summed E-state index contributed by atoms with van der Waals surface area (Å²) in [5.74, 6) is -2.89. The molecule has 0 heterocycles. The first-order valence-electron chi connectivity index (χ1n) is 6.30. The fraction of sp³-hybridized carbons (Fsp3) is 0.385. The molecule has 0 radical (unpaired) electrons. The van der Waals surface area contributed by atoms with E-state index in [0.717, 1.165) is 23.1 Å². The third-order valence-electron chi connectivity index (χ3n) is 2.73. The molecule has 1 N–H and O–H groups in total. The molecular weight excluding hydrogens is 299 g/mol. The van der Waals surface area contributed by atoms with E-state index >= 15 is 0 Å². The summed E-state index contributed by atoms with van der Waals surface area (Å²) in [5.41, 5.74) is -0.701. The van der Waals surface area contributed by atoms with Gasteiger partial charge in [0, 0.05) is 18.2 Å². The number of carboxylic acids is 1. The van der Waals surface area contributed by atoms with Crippen LogP contribution in [0, 0.1) is 15.9 Å². The topological polar surface area (TPSA) is 110 Å². The van der Waals surface area contributed by atoms with Gasteiger partial charge in [-0.05, 0) is 19.9 Å². The van der Waals surface area contributed by atoms with Crippen molar-refractivity contribution in [3.05, 3.63) is 34.1 Å². The molecule has 0 aliphatic carbocycles. The Balaban J connectivity index is 2.72. The number of halogens is 1. The second kappa shape index (κ2) is 7.34. The van der Waals surface area contributed by atoms with Crippen molar-refractivity contribution in [2.75, 3.05) is 13.2 Å². The molecule has 0 bridgehead atoms. The Kier molecular flexibility index (Phi) is 5.79. The third-order valence-corrected chi connectivity index (χ3v) is 2.73. The summed E-state index contributed by atoms with van der Waals surface area (Å²) in [4.78, 5) is 33.3. The van der Waals surface area contributed by atoms with E-state index < -0.39 is 41.5 Å². The predicted octanol–water partition coefficient (Wildman–Crippen LogP) is 1.43. The second-order valence-electron chi connectivity index (χ2n) is 4.67. The number of carbonyl (C=O) groups is 2. The smallest absolute Gasteiger partial charge is 0.323 e. The molecule has 22 heavy (non-hydrogen) atoms. The maximum atomic E-state index is 13.4. The zero-order chi connectivity index (χ0) is 16.9. The van der Waals surface area contributed by atoms with E-state index in [2.05, 4.69) is 0 Å². The highest BCUT2D eigenvalue weighted by molar-refractivity contribution is 5.82. The molecule has 8 nitrogen and oxygen atoms in total. The van der Waals surface area contributed by atoms with Gasteiger partial charge in [0.05, 0.1) is 4.92 Å². The average molecular weight is 314 g/mol. The molecule has 1 aromatic carbocycles. The molecule has 120 valence electrons. The quantitative estimate of drug-likeness (QED) is 0.602. The zero-order valence-electron chi connectivity index (χ0n) is 12.0. The van der Waals surface area contributed by atoms with E-state index in [-0.39, 0.29) is 11.8 Å². The van der Waals surface area contributed by atoms with Crippen LogP contribution in [0.4, 0.5) is 10.1 Å². The minimum atomic E-state index is -1.16. The van der Waals surface area contributed by atoms with E-state index in [1.165, 1.54) is 0 Å². The Morgan fingerprint density at radius 3 is 2.55 bits per heavy atom. The number of nitrogens with zero attached hydrogens (tertiary/aromatic N) is 2. The molecule has 9 heteroatoms. The number of nitro groups is 1. The highest BCUT2D eigenvalue weighted by atomic mass is 19.1. The lowest BCUT2D eigenvalue weighted by molar-refractivity contribution is -0.387. The molecule has 0 saturated carbocycles. The number of hydrogen-bond acceptors (Lipinski definition) is 5. The van der Waals surface area contributed by atoms with Crippen LogP contribution in [0.2, 0.25) is 0 Å². The van der Waals surface area contributed by atoms with Gasteiger partial charge in [0.1, 0.15) is 12.3 Å². The summed E-state index contributed by atoms with van der Waals surface area (Å²) in [6.07, 6.45) is 0. The van der Waals surface area contributed by atoms with Crippen LogP contribution >= 0.6 is 0 Å². The van der Waals surface area contributed by atoms with E-state index in [1.807, 2.05) is 0 Å². The lowest BCUT2D eigenvalue weighted by Gasteiger charge is -2.24. The first-order valence-corrected chi connectivity index (χ1v) is 6.30. The number of aliphatic carboxylic acids is 1. The summed E-state index contributed by atoms with van der Waals surface area (Å²) < 4.78 is 18.4. The zero-order valence-corrected chi connectivity index (χ0v) is 12.0. The van der Waals surface area contributed by atoms with Gasteiger partial charge in [0.25, 0.3) is 5.91 Å². The van der Waals surface area contributed by atoms with E-state index in [1.54, 1.807) is 13.8 Å². The van der Waals surface area contributed by atoms with Gasteiger partial charge in [-0.1, -0.05) is 0 Å². The van der Waals surface area contributed by atoms with Crippen molar-refractivity contribution in [3.63, 3.8) is 0 Å². The molecule has 0 aliphatic rings. The number of rotatable bonds is 7. The highest BCUT2D eigenvalue weighted by Gasteiger charge is 2.21. The van der Waals surface area contributed by atoms with Crippen LogP contribution in [0.15, 0.2) is 18.2 Å². The van der Waals surface area contributed by atoms with Crippen molar-refractivity contribution in [1.82, 2.24) is 4.90 Å². The number of amides is 1. The van der Waals surface area contributed by atoms with E-state index in [4.69, 9.17) is 9.84 Å². The normalized spacial score (nSPS) is 10.4.